The summed E-state index contributed by atoms with van der Waals surface area (Å²) in [6.45, 7) is 0. The number of benzene rings is 2. The first kappa shape index (κ1) is 12.6. The molecule has 17 heavy (non-hydrogen) atoms. The van der Waals surface area contributed by atoms with Gasteiger partial charge in [0.2, 0.25) is 0 Å². The number of hydrogen-bond donors (Lipinski definition) is 2. The Bertz CT molecular complexity index is 529. The molecule has 0 bridgehead atoms. The largest absolute Gasteiger partial charge is 0.488 e. The Kier molecular flexibility index (Phi) is 3.89. The van der Waals surface area contributed by atoms with Gasteiger partial charge in [-0.05, 0) is 44.7 Å². The van der Waals surface area contributed by atoms with Crippen molar-refractivity contribution in [2.75, 3.05) is 0 Å². The molecule has 2 aromatic rings. The number of rotatable bonds is 2. The molecule has 0 saturated heterocycles. The maximum absolute atomic E-state index is 9.00. The van der Waals surface area contributed by atoms with E-state index in [-0.39, 0.29) is 0 Å². The van der Waals surface area contributed by atoms with Crippen LogP contribution in [0.5, 0.6) is 0 Å². The molecule has 2 nitrogen and oxygen atoms in total. The van der Waals surface area contributed by atoms with Crippen LogP contribution < -0.4 is 5.46 Å². The highest BCUT2D eigenvalue weighted by Crippen LogP contribution is 2.28. The summed E-state index contributed by atoms with van der Waals surface area (Å²) in [5, 5.41) is 18.7. The SMILES string of the molecule is OB(O)c1ccc(-c2ccc(Cl)c(Br)c2)cc1. The molecule has 2 rings (SSSR count). The van der Waals surface area contributed by atoms with Crippen molar-refractivity contribution >= 4 is 40.1 Å². The molecule has 0 heterocycles. The van der Waals surface area contributed by atoms with Gasteiger partial charge in [0, 0.05) is 4.47 Å². The average molecular weight is 311 g/mol. The zero-order valence-electron chi connectivity index (χ0n) is 8.77. The van der Waals surface area contributed by atoms with Crippen LogP contribution in [0.15, 0.2) is 46.9 Å². The Labute approximate surface area is 113 Å². The van der Waals surface area contributed by atoms with Gasteiger partial charge in [0.05, 0.1) is 5.02 Å². The second-order valence-corrected chi connectivity index (χ2v) is 4.89. The van der Waals surface area contributed by atoms with E-state index < -0.39 is 7.12 Å². The lowest BCUT2D eigenvalue weighted by molar-refractivity contribution is 0.426. The first-order valence-electron chi connectivity index (χ1n) is 4.99. The monoisotopic (exact) mass is 310 g/mol. The van der Waals surface area contributed by atoms with Crippen LogP contribution in [-0.2, 0) is 0 Å². The van der Waals surface area contributed by atoms with Gasteiger partial charge in [0.1, 0.15) is 0 Å². The van der Waals surface area contributed by atoms with Crippen LogP contribution in [-0.4, -0.2) is 17.2 Å². The van der Waals surface area contributed by atoms with Crippen LogP contribution in [0, 0.1) is 0 Å². The summed E-state index contributed by atoms with van der Waals surface area (Å²) in [5.41, 5.74) is 2.48. The minimum absolute atomic E-state index is 0.474. The second kappa shape index (κ2) is 5.23. The topological polar surface area (TPSA) is 40.5 Å². The van der Waals surface area contributed by atoms with Gasteiger partial charge in [-0.25, -0.2) is 0 Å². The third-order valence-corrected chi connectivity index (χ3v) is 3.68. The standard InChI is InChI=1S/C12H9BBrClO2/c14-11-7-9(3-6-12(11)15)8-1-4-10(5-2-8)13(16)17/h1-7,16-17H. The summed E-state index contributed by atoms with van der Waals surface area (Å²) >= 11 is 9.29. The average Bonchev–Trinajstić information content (AvgIpc) is 2.33. The van der Waals surface area contributed by atoms with E-state index >= 15 is 0 Å². The fourth-order valence-corrected chi connectivity index (χ4v) is 2.02. The van der Waals surface area contributed by atoms with Crippen LogP contribution in [0.2, 0.25) is 5.02 Å². The summed E-state index contributed by atoms with van der Waals surface area (Å²) in [4.78, 5) is 0. The minimum Gasteiger partial charge on any atom is -0.423 e. The molecule has 0 radical (unpaired) electrons. The van der Waals surface area contributed by atoms with Crippen molar-refractivity contribution in [3.8, 4) is 11.1 Å². The third kappa shape index (κ3) is 2.90. The molecule has 0 spiro atoms. The van der Waals surface area contributed by atoms with Crippen LogP contribution >= 0.6 is 27.5 Å². The molecule has 0 aliphatic carbocycles. The molecule has 0 atom stereocenters. The predicted molar refractivity (Wildman–Crippen MR) is 74.4 cm³/mol. The zero-order valence-corrected chi connectivity index (χ0v) is 11.1. The van der Waals surface area contributed by atoms with Gasteiger partial charge < -0.3 is 10.0 Å². The van der Waals surface area contributed by atoms with Crippen molar-refractivity contribution < 1.29 is 10.0 Å². The Morgan fingerprint density at radius 1 is 0.941 bits per heavy atom. The van der Waals surface area contributed by atoms with E-state index in [1.807, 2.05) is 30.3 Å². The lowest BCUT2D eigenvalue weighted by atomic mass is 9.80. The second-order valence-electron chi connectivity index (χ2n) is 3.62. The lowest BCUT2D eigenvalue weighted by Gasteiger charge is -2.05. The van der Waals surface area contributed by atoms with E-state index in [1.54, 1.807) is 12.1 Å². The van der Waals surface area contributed by atoms with Crippen molar-refractivity contribution in [1.82, 2.24) is 0 Å². The fraction of sp³-hybridized carbons (Fsp3) is 0. The molecule has 0 saturated carbocycles. The van der Waals surface area contributed by atoms with Gasteiger partial charge in [-0.3, -0.25) is 0 Å². The van der Waals surface area contributed by atoms with Crippen LogP contribution in [0.3, 0.4) is 0 Å². The Morgan fingerprint density at radius 3 is 2.06 bits per heavy atom. The van der Waals surface area contributed by atoms with Crippen molar-refractivity contribution in [3.05, 3.63) is 52.0 Å². The summed E-state index contributed by atoms with van der Waals surface area (Å²) in [7, 11) is -1.43. The molecular weight excluding hydrogens is 302 g/mol. The maximum Gasteiger partial charge on any atom is 0.488 e. The van der Waals surface area contributed by atoms with Gasteiger partial charge in [0.15, 0.2) is 0 Å². The van der Waals surface area contributed by atoms with Crippen molar-refractivity contribution in [3.63, 3.8) is 0 Å². The van der Waals surface area contributed by atoms with Gasteiger partial charge in [-0.1, -0.05) is 41.9 Å². The molecule has 2 aromatic carbocycles. The summed E-state index contributed by atoms with van der Waals surface area (Å²) in [6, 6.07) is 12.7. The number of hydrogen-bond acceptors (Lipinski definition) is 2. The van der Waals surface area contributed by atoms with Crippen LogP contribution in [0.1, 0.15) is 0 Å². The van der Waals surface area contributed by atoms with Gasteiger partial charge in [-0.15, -0.1) is 0 Å². The Morgan fingerprint density at radius 2 is 1.53 bits per heavy atom. The molecule has 0 fully saturated rings. The summed E-state index contributed by atoms with van der Waals surface area (Å²) in [6.07, 6.45) is 0. The smallest absolute Gasteiger partial charge is 0.423 e. The highest BCUT2D eigenvalue weighted by atomic mass is 79.9. The minimum atomic E-state index is -1.43. The quantitative estimate of drug-likeness (QED) is 0.837. The fourth-order valence-electron chi connectivity index (χ4n) is 1.52. The first-order valence-corrected chi connectivity index (χ1v) is 6.16. The normalized spacial score (nSPS) is 10.4. The van der Waals surface area contributed by atoms with Crippen molar-refractivity contribution in [1.29, 1.82) is 0 Å². The Balaban J connectivity index is 2.36. The van der Waals surface area contributed by atoms with E-state index in [9.17, 15) is 0 Å². The lowest BCUT2D eigenvalue weighted by Crippen LogP contribution is -2.29. The molecular formula is C12H9BBrClO2. The molecule has 86 valence electrons. The molecule has 0 aliphatic rings. The first-order chi connectivity index (χ1) is 8.08. The van der Waals surface area contributed by atoms with Gasteiger partial charge in [0.25, 0.3) is 0 Å². The Hall–Kier alpha value is -0.805. The van der Waals surface area contributed by atoms with E-state index in [0.29, 0.717) is 10.5 Å². The summed E-state index contributed by atoms with van der Waals surface area (Å²) in [5.74, 6) is 0. The third-order valence-electron chi connectivity index (χ3n) is 2.46. The molecule has 5 heteroatoms. The van der Waals surface area contributed by atoms with Crippen molar-refractivity contribution in [2.45, 2.75) is 0 Å². The molecule has 0 aromatic heterocycles. The molecule has 0 amide bonds. The highest BCUT2D eigenvalue weighted by molar-refractivity contribution is 9.10. The van der Waals surface area contributed by atoms with E-state index in [1.165, 1.54) is 0 Å². The van der Waals surface area contributed by atoms with E-state index in [0.717, 1.165) is 15.6 Å². The predicted octanol–water partition coefficient (Wildman–Crippen LogP) is 2.45. The molecule has 0 aliphatic heterocycles. The van der Waals surface area contributed by atoms with Crippen LogP contribution in [0.4, 0.5) is 0 Å². The van der Waals surface area contributed by atoms with Gasteiger partial charge >= 0.3 is 7.12 Å². The van der Waals surface area contributed by atoms with E-state index in [2.05, 4.69) is 15.9 Å². The summed E-state index contributed by atoms with van der Waals surface area (Å²) < 4.78 is 0.836. The number of halogens is 2. The highest BCUT2D eigenvalue weighted by Gasteiger charge is 2.10. The van der Waals surface area contributed by atoms with E-state index in [4.69, 9.17) is 21.6 Å². The zero-order chi connectivity index (χ0) is 12.4. The molecule has 0 unspecified atom stereocenters. The van der Waals surface area contributed by atoms with Gasteiger partial charge in [-0.2, -0.15) is 0 Å². The molecule has 2 N–H and O–H groups in total. The maximum atomic E-state index is 9.00. The van der Waals surface area contributed by atoms with Crippen LogP contribution in [0.25, 0.3) is 11.1 Å². The van der Waals surface area contributed by atoms with Crippen molar-refractivity contribution in [2.24, 2.45) is 0 Å².